The number of methoxy groups -OCH3 is 1. The van der Waals surface area contributed by atoms with Crippen LogP contribution in [0.4, 0.5) is 11.4 Å². The zero-order valence-corrected chi connectivity index (χ0v) is 12.6. The molecule has 110 valence electrons. The van der Waals surface area contributed by atoms with Gasteiger partial charge in [-0.15, -0.1) is 10.2 Å². The van der Waals surface area contributed by atoms with E-state index in [1.54, 1.807) is 25.3 Å². The van der Waals surface area contributed by atoms with Crippen LogP contribution in [0, 0.1) is 0 Å². The van der Waals surface area contributed by atoms with Gasteiger partial charge < -0.3 is 9.84 Å². The Morgan fingerprint density at radius 2 is 1.55 bits per heavy atom. The van der Waals surface area contributed by atoms with E-state index < -0.39 is 0 Å². The van der Waals surface area contributed by atoms with E-state index >= 15 is 0 Å². The molecule has 0 unspecified atom stereocenters. The molecule has 0 spiro atoms. The second-order valence-corrected chi connectivity index (χ2v) is 5.05. The standard InChI is InChI=1S/C17H13ClN2O2/c1-22-16-10-15(17(21)12-7-3-2-6-11(12)16)20-19-14-9-5-4-8-13(14)18/h2-10,21H,1H3. The van der Waals surface area contributed by atoms with E-state index in [0.29, 0.717) is 27.5 Å². The first kappa shape index (κ1) is 14.4. The topological polar surface area (TPSA) is 54.2 Å². The number of halogens is 1. The van der Waals surface area contributed by atoms with Crippen molar-refractivity contribution in [1.82, 2.24) is 0 Å². The van der Waals surface area contributed by atoms with Crippen LogP contribution in [-0.2, 0) is 0 Å². The predicted molar refractivity (Wildman–Crippen MR) is 87.8 cm³/mol. The predicted octanol–water partition coefficient (Wildman–Crippen LogP) is 5.62. The van der Waals surface area contributed by atoms with Gasteiger partial charge in [-0.05, 0) is 12.1 Å². The van der Waals surface area contributed by atoms with E-state index in [9.17, 15) is 5.11 Å². The fraction of sp³-hybridized carbons (Fsp3) is 0.0588. The van der Waals surface area contributed by atoms with Gasteiger partial charge in [-0.3, -0.25) is 0 Å². The molecule has 0 aromatic heterocycles. The summed E-state index contributed by atoms with van der Waals surface area (Å²) in [5, 5.41) is 20.6. The van der Waals surface area contributed by atoms with Crippen molar-refractivity contribution in [2.75, 3.05) is 7.11 Å². The van der Waals surface area contributed by atoms with Crippen LogP contribution in [0.15, 0.2) is 64.8 Å². The highest BCUT2D eigenvalue weighted by Gasteiger charge is 2.11. The number of azo groups is 1. The summed E-state index contributed by atoms with van der Waals surface area (Å²) in [5.41, 5.74) is 0.867. The van der Waals surface area contributed by atoms with Gasteiger partial charge in [0.1, 0.15) is 17.1 Å². The van der Waals surface area contributed by atoms with Crippen molar-refractivity contribution in [2.24, 2.45) is 10.2 Å². The highest BCUT2D eigenvalue weighted by Crippen LogP contribution is 2.41. The number of hydrogen-bond acceptors (Lipinski definition) is 4. The van der Waals surface area contributed by atoms with Crippen LogP contribution < -0.4 is 4.74 Å². The monoisotopic (exact) mass is 312 g/mol. The average molecular weight is 313 g/mol. The zero-order chi connectivity index (χ0) is 15.5. The van der Waals surface area contributed by atoms with E-state index in [4.69, 9.17) is 16.3 Å². The number of aromatic hydroxyl groups is 1. The van der Waals surface area contributed by atoms with Crippen molar-refractivity contribution in [1.29, 1.82) is 0 Å². The minimum absolute atomic E-state index is 0.0622. The summed E-state index contributed by atoms with van der Waals surface area (Å²) in [5.74, 6) is 0.689. The Morgan fingerprint density at radius 1 is 0.909 bits per heavy atom. The summed E-state index contributed by atoms with van der Waals surface area (Å²) in [6, 6.07) is 16.2. The summed E-state index contributed by atoms with van der Waals surface area (Å²) >= 11 is 6.04. The molecule has 0 atom stereocenters. The molecule has 3 aromatic carbocycles. The molecule has 3 rings (SSSR count). The fourth-order valence-corrected chi connectivity index (χ4v) is 2.37. The average Bonchev–Trinajstić information content (AvgIpc) is 2.56. The van der Waals surface area contributed by atoms with E-state index in [1.807, 2.05) is 36.4 Å². The van der Waals surface area contributed by atoms with Crippen molar-refractivity contribution >= 4 is 33.7 Å². The summed E-state index contributed by atoms with van der Waals surface area (Å²) < 4.78 is 5.36. The molecule has 0 aliphatic rings. The Kier molecular flexibility index (Phi) is 3.94. The summed E-state index contributed by atoms with van der Waals surface area (Å²) in [4.78, 5) is 0. The lowest BCUT2D eigenvalue weighted by molar-refractivity contribution is 0.418. The van der Waals surface area contributed by atoms with E-state index in [-0.39, 0.29) is 5.75 Å². The third kappa shape index (κ3) is 2.61. The molecule has 0 amide bonds. The molecular formula is C17H13ClN2O2. The number of hydrogen-bond donors (Lipinski definition) is 1. The van der Waals surface area contributed by atoms with Gasteiger partial charge in [-0.25, -0.2) is 0 Å². The number of nitrogens with zero attached hydrogens (tertiary/aromatic N) is 2. The van der Waals surface area contributed by atoms with E-state index in [1.165, 1.54) is 0 Å². The maximum absolute atomic E-state index is 10.4. The highest BCUT2D eigenvalue weighted by atomic mass is 35.5. The van der Waals surface area contributed by atoms with Gasteiger partial charge in [0.15, 0.2) is 5.75 Å². The van der Waals surface area contributed by atoms with Crippen LogP contribution in [0.1, 0.15) is 0 Å². The third-order valence-electron chi connectivity index (χ3n) is 3.30. The second-order valence-electron chi connectivity index (χ2n) is 4.64. The maximum atomic E-state index is 10.4. The Labute approximate surface area is 132 Å². The molecule has 0 fully saturated rings. The smallest absolute Gasteiger partial charge is 0.151 e. The molecule has 0 heterocycles. The quantitative estimate of drug-likeness (QED) is 0.638. The first-order valence-corrected chi connectivity index (χ1v) is 7.03. The van der Waals surface area contributed by atoms with E-state index in [2.05, 4.69) is 10.2 Å². The van der Waals surface area contributed by atoms with Gasteiger partial charge in [0.2, 0.25) is 0 Å². The molecule has 0 saturated carbocycles. The van der Waals surface area contributed by atoms with Crippen molar-refractivity contribution in [3.05, 3.63) is 59.6 Å². The van der Waals surface area contributed by atoms with Gasteiger partial charge in [0, 0.05) is 16.8 Å². The minimum Gasteiger partial charge on any atom is -0.505 e. The maximum Gasteiger partial charge on any atom is 0.151 e. The summed E-state index contributed by atoms with van der Waals surface area (Å²) in [6.07, 6.45) is 0. The Hall–Kier alpha value is -2.59. The Bertz CT molecular complexity index is 862. The molecule has 5 heteroatoms. The lowest BCUT2D eigenvalue weighted by atomic mass is 10.1. The zero-order valence-electron chi connectivity index (χ0n) is 11.8. The molecular weight excluding hydrogens is 300 g/mol. The van der Waals surface area contributed by atoms with Crippen molar-refractivity contribution in [3.63, 3.8) is 0 Å². The van der Waals surface area contributed by atoms with E-state index in [0.717, 1.165) is 5.39 Å². The third-order valence-corrected chi connectivity index (χ3v) is 3.62. The lowest BCUT2D eigenvalue weighted by Crippen LogP contribution is -1.85. The number of phenols is 1. The molecule has 0 bridgehead atoms. The number of phenolic OH excluding ortho intramolecular Hbond substituents is 1. The van der Waals surface area contributed by atoms with Crippen LogP contribution in [-0.4, -0.2) is 12.2 Å². The number of fused-ring (bicyclic) bond motifs is 1. The van der Waals surface area contributed by atoms with Gasteiger partial charge in [-0.2, -0.15) is 0 Å². The summed E-state index contributed by atoms with van der Waals surface area (Å²) in [7, 11) is 1.58. The normalized spacial score (nSPS) is 11.2. The molecule has 0 aliphatic heterocycles. The molecule has 22 heavy (non-hydrogen) atoms. The highest BCUT2D eigenvalue weighted by molar-refractivity contribution is 6.32. The molecule has 1 N–H and O–H groups in total. The van der Waals surface area contributed by atoms with Crippen molar-refractivity contribution < 1.29 is 9.84 Å². The van der Waals surface area contributed by atoms with Crippen LogP contribution in [0.3, 0.4) is 0 Å². The molecule has 0 saturated heterocycles. The number of benzene rings is 3. The molecule has 0 radical (unpaired) electrons. The SMILES string of the molecule is COc1cc(N=Nc2ccccc2Cl)c(O)c2ccccc12. The minimum atomic E-state index is 0.0622. The van der Waals surface area contributed by atoms with Gasteiger partial charge in [0.25, 0.3) is 0 Å². The van der Waals surface area contributed by atoms with Gasteiger partial charge in [0.05, 0.1) is 12.1 Å². The van der Waals surface area contributed by atoms with Crippen molar-refractivity contribution in [3.8, 4) is 11.5 Å². The Morgan fingerprint density at radius 3 is 2.27 bits per heavy atom. The Balaban J connectivity index is 2.11. The molecule has 0 aliphatic carbocycles. The largest absolute Gasteiger partial charge is 0.505 e. The van der Waals surface area contributed by atoms with Crippen molar-refractivity contribution in [2.45, 2.75) is 0 Å². The fourth-order valence-electron chi connectivity index (χ4n) is 2.20. The number of rotatable bonds is 3. The first-order chi connectivity index (χ1) is 10.7. The van der Waals surface area contributed by atoms with Gasteiger partial charge in [-0.1, -0.05) is 48.0 Å². The lowest BCUT2D eigenvalue weighted by Gasteiger charge is -2.09. The summed E-state index contributed by atoms with van der Waals surface area (Å²) in [6.45, 7) is 0. The second kappa shape index (κ2) is 6.03. The van der Waals surface area contributed by atoms with Crippen LogP contribution in [0.2, 0.25) is 5.02 Å². The van der Waals surface area contributed by atoms with Gasteiger partial charge >= 0.3 is 0 Å². The van der Waals surface area contributed by atoms with Crippen LogP contribution in [0.25, 0.3) is 10.8 Å². The molecule has 3 aromatic rings. The molecule has 4 nitrogen and oxygen atoms in total. The first-order valence-electron chi connectivity index (χ1n) is 6.65. The van der Waals surface area contributed by atoms with Crippen LogP contribution in [0.5, 0.6) is 11.5 Å². The van der Waals surface area contributed by atoms with Crippen LogP contribution >= 0.6 is 11.6 Å². The number of ether oxygens (including phenoxy) is 1.